The maximum atomic E-state index is 10.4. The van der Waals surface area contributed by atoms with Crippen molar-refractivity contribution in [1.82, 2.24) is 0 Å². The van der Waals surface area contributed by atoms with Gasteiger partial charge in [-0.2, -0.15) is 0 Å². The minimum absolute atomic E-state index is 0.0615. The Morgan fingerprint density at radius 1 is 1.46 bits per heavy atom. The van der Waals surface area contributed by atoms with Gasteiger partial charge in [0.15, 0.2) is 0 Å². The van der Waals surface area contributed by atoms with Crippen LogP contribution in [-0.2, 0) is 9.53 Å². The summed E-state index contributed by atoms with van der Waals surface area (Å²) in [5.41, 5.74) is 4.98. The predicted octanol–water partition coefficient (Wildman–Crippen LogP) is 0.430. The monoisotopic (exact) mass is 189 g/mol. The summed E-state index contributed by atoms with van der Waals surface area (Å²) < 4.78 is 4.99. The van der Waals surface area contributed by atoms with Crippen LogP contribution in [0.25, 0.3) is 0 Å². The van der Waals surface area contributed by atoms with Crippen LogP contribution in [0.15, 0.2) is 0 Å². The molecule has 78 valence electrons. The Hall–Kier alpha value is -0.610. The Labute approximate surface area is 79.1 Å². The Kier molecular flexibility index (Phi) is 7.63. The molecule has 3 N–H and O–H groups in total. The van der Waals surface area contributed by atoms with Gasteiger partial charge in [0.1, 0.15) is 0 Å². The number of hydrogen-bond donors (Lipinski definition) is 2. The Morgan fingerprint density at radius 3 is 2.62 bits per heavy atom. The third-order valence-corrected chi connectivity index (χ3v) is 1.99. The Bertz CT molecular complexity index is 135. The second kappa shape index (κ2) is 8.01. The molecule has 0 aliphatic rings. The molecule has 0 aliphatic carbocycles. The molecule has 0 radical (unpaired) electrons. The zero-order chi connectivity index (χ0) is 10.1. The molecule has 0 saturated carbocycles. The van der Waals surface area contributed by atoms with Crippen molar-refractivity contribution in [2.45, 2.75) is 38.2 Å². The van der Waals surface area contributed by atoms with E-state index in [4.69, 9.17) is 15.6 Å². The largest absolute Gasteiger partial charge is 0.394 e. The smallest absolute Gasteiger partial charge is 0.217 e. The lowest BCUT2D eigenvalue weighted by Gasteiger charge is -2.10. The quantitative estimate of drug-likeness (QED) is 0.544. The molecule has 0 aliphatic heterocycles. The molecule has 0 heterocycles. The van der Waals surface area contributed by atoms with Gasteiger partial charge in [0.2, 0.25) is 5.91 Å². The average molecular weight is 189 g/mol. The van der Waals surface area contributed by atoms with Crippen LogP contribution in [0, 0.1) is 0 Å². The molecule has 4 heteroatoms. The van der Waals surface area contributed by atoms with Gasteiger partial charge in [-0.05, 0) is 12.8 Å². The van der Waals surface area contributed by atoms with Crippen LogP contribution >= 0.6 is 0 Å². The number of nitrogens with two attached hydrogens (primary N) is 1. The van der Waals surface area contributed by atoms with Crippen LogP contribution < -0.4 is 5.73 Å². The molecular formula is C9H19NO3. The molecular weight excluding hydrogens is 170 g/mol. The van der Waals surface area contributed by atoms with Crippen LogP contribution in [0.1, 0.15) is 32.1 Å². The number of aliphatic hydroxyl groups excluding tert-OH is 1. The van der Waals surface area contributed by atoms with E-state index in [-0.39, 0.29) is 18.6 Å². The Balaban J connectivity index is 3.19. The van der Waals surface area contributed by atoms with E-state index in [0.29, 0.717) is 6.42 Å². The molecule has 1 amide bonds. The number of carbonyl (C=O) groups is 1. The number of primary amides is 1. The van der Waals surface area contributed by atoms with E-state index >= 15 is 0 Å². The Morgan fingerprint density at radius 2 is 2.15 bits per heavy atom. The van der Waals surface area contributed by atoms with Crippen LogP contribution in [0.4, 0.5) is 0 Å². The zero-order valence-corrected chi connectivity index (χ0v) is 8.16. The summed E-state index contributed by atoms with van der Waals surface area (Å²) in [7, 11) is 1.59. The van der Waals surface area contributed by atoms with Crippen molar-refractivity contribution in [3.8, 4) is 0 Å². The molecule has 0 spiro atoms. The third-order valence-electron chi connectivity index (χ3n) is 1.99. The SMILES string of the molecule is COC(CO)CCCCCC(N)=O. The van der Waals surface area contributed by atoms with Crippen LogP contribution in [-0.4, -0.2) is 30.8 Å². The summed E-state index contributed by atoms with van der Waals surface area (Å²) in [6, 6.07) is 0. The van der Waals surface area contributed by atoms with Crippen molar-refractivity contribution in [2.75, 3.05) is 13.7 Å². The number of aliphatic hydroxyl groups is 1. The zero-order valence-electron chi connectivity index (χ0n) is 8.16. The number of unbranched alkanes of at least 4 members (excludes halogenated alkanes) is 2. The first-order valence-corrected chi connectivity index (χ1v) is 4.62. The highest BCUT2D eigenvalue weighted by Crippen LogP contribution is 2.07. The molecule has 0 bridgehead atoms. The number of rotatable bonds is 8. The molecule has 0 saturated heterocycles. The summed E-state index contributed by atoms with van der Waals surface area (Å²) in [5.74, 6) is -0.245. The number of hydrogen-bond acceptors (Lipinski definition) is 3. The number of ether oxygens (including phenoxy) is 1. The summed E-state index contributed by atoms with van der Waals surface area (Å²) in [6.45, 7) is 0.0618. The van der Waals surface area contributed by atoms with E-state index in [1.165, 1.54) is 0 Å². The van der Waals surface area contributed by atoms with Crippen molar-refractivity contribution in [3.63, 3.8) is 0 Å². The predicted molar refractivity (Wildman–Crippen MR) is 50.2 cm³/mol. The van der Waals surface area contributed by atoms with Crippen molar-refractivity contribution in [2.24, 2.45) is 5.73 Å². The van der Waals surface area contributed by atoms with E-state index in [0.717, 1.165) is 25.7 Å². The minimum Gasteiger partial charge on any atom is -0.394 e. The van der Waals surface area contributed by atoms with Crippen molar-refractivity contribution >= 4 is 5.91 Å². The van der Waals surface area contributed by atoms with Gasteiger partial charge < -0.3 is 15.6 Å². The van der Waals surface area contributed by atoms with Crippen LogP contribution in [0.3, 0.4) is 0 Å². The molecule has 1 atom stereocenters. The van der Waals surface area contributed by atoms with E-state index in [9.17, 15) is 4.79 Å². The molecule has 0 fully saturated rings. The first-order valence-electron chi connectivity index (χ1n) is 4.62. The highest BCUT2D eigenvalue weighted by atomic mass is 16.5. The summed E-state index contributed by atoms with van der Waals surface area (Å²) in [5, 5.41) is 8.77. The number of methoxy groups -OCH3 is 1. The van der Waals surface area contributed by atoms with Gasteiger partial charge >= 0.3 is 0 Å². The maximum absolute atomic E-state index is 10.4. The van der Waals surface area contributed by atoms with E-state index in [1.807, 2.05) is 0 Å². The molecule has 1 unspecified atom stereocenters. The maximum Gasteiger partial charge on any atom is 0.217 e. The topological polar surface area (TPSA) is 72.6 Å². The van der Waals surface area contributed by atoms with Crippen molar-refractivity contribution in [1.29, 1.82) is 0 Å². The normalized spacial score (nSPS) is 12.8. The summed E-state index contributed by atoms with van der Waals surface area (Å²) >= 11 is 0. The van der Waals surface area contributed by atoms with Gasteiger partial charge in [-0.15, -0.1) is 0 Å². The summed E-state index contributed by atoms with van der Waals surface area (Å²) in [4.78, 5) is 10.4. The highest BCUT2D eigenvalue weighted by Gasteiger charge is 2.04. The minimum atomic E-state index is -0.245. The van der Waals surface area contributed by atoms with Gasteiger partial charge in [-0.25, -0.2) is 0 Å². The molecule has 0 aromatic rings. The molecule has 4 nitrogen and oxygen atoms in total. The second-order valence-electron chi connectivity index (χ2n) is 3.11. The van der Waals surface area contributed by atoms with Gasteiger partial charge in [0, 0.05) is 13.5 Å². The lowest BCUT2D eigenvalue weighted by atomic mass is 10.1. The lowest BCUT2D eigenvalue weighted by Crippen LogP contribution is -2.15. The molecule has 13 heavy (non-hydrogen) atoms. The van der Waals surface area contributed by atoms with Gasteiger partial charge in [0.05, 0.1) is 12.7 Å². The van der Waals surface area contributed by atoms with Crippen molar-refractivity contribution < 1.29 is 14.6 Å². The lowest BCUT2D eigenvalue weighted by molar-refractivity contribution is -0.118. The average Bonchev–Trinajstić information content (AvgIpc) is 2.11. The highest BCUT2D eigenvalue weighted by molar-refractivity contribution is 5.73. The van der Waals surface area contributed by atoms with Gasteiger partial charge in [-0.1, -0.05) is 12.8 Å². The fraction of sp³-hybridized carbons (Fsp3) is 0.889. The van der Waals surface area contributed by atoms with Crippen LogP contribution in [0.2, 0.25) is 0 Å². The van der Waals surface area contributed by atoms with Gasteiger partial charge in [0.25, 0.3) is 0 Å². The molecule has 0 aromatic heterocycles. The van der Waals surface area contributed by atoms with Gasteiger partial charge in [-0.3, -0.25) is 4.79 Å². The standard InChI is InChI=1S/C9H19NO3/c1-13-8(7-11)5-3-2-4-6-9(10)12/h8,11H,2-7H2,1H3,(H2,10,12). The third kappa shape index (κ3) is 7.74. The first kappa shape index (κ1) is 12.4. The fourth-order valence-corrected chi connectivity index (χ4v) is 1.13. The summed E-state index contributed by atoms with van der Waals surface area (Å²) in [6.07, 6.45) is 3.99. The molecule has 0 aromatic carbocycles. The number of carbonyl (C=O) groups excluding carboxylic acids is 1. The van der Waals surface area contributed by atoms with E-state index in [2.05, 4.69) is 0 Å². The second-order valence-corrected chi connectivity index (χ2v) is 3.11. The fourth-order valence-electron chi connectivity index (χ4n) is 1.13. The van der Waals surface area contributed by atoms with E-state index < -0.39 is 0 Å². The van der Waals surface area contributed by atoms with Crippen LogP contribution in [0.5, 0.6) is 0 Å². The number of amides is 1. The molecule has 0 rings (SSSR count). The first-order chi connectivity index (χ1) is 6.20. The van der Waals surface area contributed by atoms with E-state index in [1.54, 1.807) is 7.11 Å². The van der Waals surface area contributed by atoms with Crippen molar-refractivity contribution in [3.05, 3.63) is 0 Å².